The van der Waals surface area contributed by atoms with Crippen molar-refractivity contribution in [1.82, 2.24) is 14.7 Å². The molecule has 0 radical (unpaired) electrons. The zero-order chi connectivity index (χ0) is 21.5. The van der Waals surface area contributed by atoms with Crippen LogP contribution in [0, 0.1) is 5.82 Å². The van der Waals surface area contributed by atoms with Crippen molar-refractivity contribution in [3.05, 3.63) is 72.7 Å². The summed E-state index contributed by atoms with van der Waals surface area (Å²) in [6, 6.07) is 16.8. The van der Waals surface area contributed by atoms with Gasteiger partial charge in [-0.15, -0.1) is 0 Å². The number of pyridine rings is 1. The van der Waals surface area contributed by atoms with E-state index in [4.69, 9.17) is 0 Å². The highest BCUT2D eigenvalue weighted by Gasteiger charge is 2.25. The maximum atomic E-state index is 15.0. The Labute approximate surface area is 175 Å². The fraction of sp³-hybridized carbons (Fsp3) is 0.174. The molecule has 7 heteroatoms. The van der Waals surface area contributed by atoms with Crippen LogP contribution < -0.4 is 4.72 Å². The van der Waals surface area contributed by atoms with Crippen molar-refractivity contribution in [2.45, 2.75) is 31.2 Å². The fourth-order valence-electron chi connectivity index (χ4n) is 3.37. The van der Waals surface area contributed by atoms with E-state index in [9.17, 15) is 8.42 Å². The van der Waals surface area contributed by atoms with E-state index in [2.05, 4.69) is 14.7 Å². The molecule has 0 spiro atoms. The summed E-state index contributed by atoms with van der Waals surface area (Å²) in [7, 11) is -3.78. The normalized spacial score (nSPS) is 12.4. The average molecular weight is 424 g/mol. The van der Waals surface area contributed by atoms with E-state index >= 15 is 4.39 Å². The number of aromatic amines is 1. The van der Waals surface area contributed by atoms with E-state index in [1.807, 2.05) is 12.1 Å². The second-order valence-electron chi connectivity index (χ2n) is 8.16. The molecule has 4 rings (SSSR count). The van der Waals surface area contributed by atoms with Gasteiger partial charge in [0.1, 0.15) is 11.5 Å². The molecule has 0 fully saturated rings. The third-order valence-corrected chi connectivity index (χ3v) is 6.40. The van der Waals surface area contributed by atoms with Gasteiger partial charge in [0, 0.05) is 28.2 Å². The lowest BCUT2D eigenvalue weighted by Gasteiger charge is -2.21. The molecule has 0 aliphatic rings. The van der Waals surface area contributed by atoms with Crippen molar-refractivity contribution in [2.75, 3.05) is 0 Å². The van der Waals surface area contributed by atoms with E-state index in [0.717, 1.165) is 5.39 Å². The Morgan fingerprint density at radius 3 is 2.47 bits per heavy atom. The largest absolute Gasteiger partial charge is 0.346 e. The van der Waals surface area contributed by atoms with Gasteiger partial charge < -0.3 is 4.98 Å². The molecule has 0 unspecified atom stereocenters. The van der Waals surface area contributed by atoms with Gasteiger partial charge in [-0.1, -0.05) is 24.3 Å². The zero-order valence-corrected chi connectivity index (χ0v) is 17.7. The zero-order valence-electron chi connectivity index (χ0n) is 16.9. The third kappa shape index (κ3) is 3.99. The number of fused-ring (bicyclic) bond motifs is 1. The lowest BCUT2D eigenvalue weighted by atomic mass is 10.0. The molecule has 5 nitrogen and oxygen atoms in total. The number of nitrogens with one attached hydrogen (secondary N) is 2. The van der Waals surface area contributed by atoms with Gasteiger partial charge in [-0.25, -0.2) is 22.5 Å². The van der Waals surface area contributed by atoms with Gasteiger partial charge in [-0.3, -0.25) is 0 Å². The van der Waals surface area contributed by atoms with E-state index in [1.165, 1.54) is 12.1 Å². The standard InChI is InChI=1S/C23H22FN3O2S/c1-23(2,3)27-30(28,29)21-7-5-4-6-17(21)16-8-10-18(19(24)14-16)20-11-9-15-12-13-25-22(15)26-20/h4-14,27H,1-3H3,(H,25,26). The number of nitrogens with zero attached hydrogens (tertiary/aromatic N) is 1. The minimum Gasteiger partial charge on any atom is -0.346 e. The van der Waals surface area contributed by atoms with E-state index in [1.54, 1.807) is 63.4 Å². The number of rotatable bonds is 4. The van der Waals surface area contributed by atoms with Crippen molar-refractivity contribution in [3.63, 3.8) is 0 Å². The van der Waals surface area contributed by atoms with Crippen molar-refractivity contribution in [2.24, 2.45) is 0 Å². The first kappa shape index (κ1) is 20.3. The lowest BCUT2D eigenvalue weighted by Crippen LogP contribution is -2.40. The van der Waals surface area contributed by atoms with Crippen molar-refractivity contribution >= 4 is 21.1 Å². The Balaban J connectivity index is 1.77. The first-order valence-electron chi connectivity index (χ1n) is 9.51. The lowest BCUT2D eigenvalue weighted by molar-refractivity contribution is 0.491. The summed E-state index contributed by atoms with van der Waals surface area (Å²) in [5.74, 6) is -0.470. The van der Waals surface area contributed by atoms with Gasteiger partial charge in [-0.05, 0) is 62.7 Å². The van der Waals surface area contributed by atoms with Crippen molar-refractivity contribution < 1.29 is 12.8 Å². The molecule has 30 heavy (non-hydrogen) atoms. The summed E-state index contributed by atoms with van der Waals surface area (Å²) in [5, 5.41) is 0.946. The second kappa shape index (κ2) is 7.34. The number of hydrogen-bond donors (Lipinski definition) is 2. The molecule has 0 aliphatic heterocycles. The molecule has 2 N–H and O–H groups in total. The van der Waals surface area contributed by atoms with Gasteiger partial charge in [0.25, 0.3) is 0 Å². The predicted octanol–water partition coefficient (Wildman–Crippen LogP) is 5.11. The minimum absolute atomic E-state index is 0.109. The Morgan fingerprint density at radius 2 is 1.73 bits per heavy atom. The summed E-state index contributed by atoms with van der Waals surface area (Å²) in [6.45, 7) is 5.32. The van der Waals surface area contributed by atoms with Crippen LogP contribution in [0.25, 0.3) is 33.4 Å². The number of sulfonamides is 1. The van der Waals surface area contributed by atoms with Crippen LogP contribution in [0.4, 0.5) is 4.39 Å². The Bertz CT molecular complexity index is 1340. The molecular formula is C23H22FN3O2S. The molecule has 2 aromatic heterocycles. The summed E-state index contributed by atoms with van der Waals surface area (Å²) in [4.78, 5) is 7.60. The quantitative estimate of drug-likeness (QED) is 0.479. The predicted molar refractivity (Wildman–Crippen MR) is 117 cm³/mol. The van der Waals surface area contributed by atoms with Crippen LogP contribution in [0.15, 0.2) is 71.8 Å². The second-order valence-corrected chi connectivity index (χ2v) is 9.81. The molecule has 0 saturated heterocycles. The number of H-pyrrole nitrogens is 1. The number of benzene rings is 2. The maximum Gasteiger partial charge on any atom is 0.241 e. The molecule has 2 aromatic carbocycles. The van der Waals surface area contributed by atoms with Crippen LogP contribution in [0.3, 0.4) is 0 Å². The van der Waals surface area contributed by atoms with Crippen LogP contribution >= 0.6 is 0 Å². The summed E-state index contributed by atoms with van der Waals surface area (Å²) in [6.07, 6.45) is 1.78. The van der Waals surface area contributed by atoms with Gasteiger partial charge in [0.2, 0.25) is 10.0 Å². The minimum atomic E-state index is -3.78. The molecule has 0 amide bonds. The van der Waals surface area contributed by atoms with Crippen LogP contribution in [0.2, 0.25) is 0 Å². The first-order chi connectivity index (χ1) is 14.1. The molecule has 0 bridgehead atoms. The molecule has 0 saturated carbocycles. The molecule has 0 aliphatic carbocycles. The average Bonchev–Trinajstić information content (AvgIpc) is 3.14. The molecular weight excluding hydrogens is 401 g/mol. The molecule has 2 heterocycles. The number of halogens is 1. The van der Waals surface area contributed by atoms with Gasteiger partial charge in [0.15, 0.2) is 0 Å². The van der Waals surface area contributed by atoms with Gasteiger partial charge in [-0.2, -0.15) is 0 Å². The van der Waals surface area contributed by atoms with Crippen LogP contribution in [0.1, 0.15) is 20.8 Å². The number of hydrogen-bond acceptors (Lipinski definition) is 3. The number of aromatic nitrogens is 2. The van der Waals surface area contributed by atoms with Crippen LogP contribution in [0.5, 0.6) is 0 Å². The topological polar surface area (TPSA) is 74.8 Å². The van der Waals surface area contributed by atoms with Crippen LogP contribution in [-0.4, -0.2) is 23.9 Å². The molecule has 4 aromatic rings. The fourth-order valence-corrected chi connectivity index (χ4v) is 5.02. The van der Waals surface area contributed by atoms with E-state index in [-0.39, 0.29) is 4.90 Å². The third-order valence-electron chi connectivity index (χ3n) is 4.58. The monoisotopic (exact) mass is 423 g/mol. The SMILES string of the molecule is CC(C)(C)NS(=O)(=O)c1ccccc1-c1ccc(-c2ccc3cc[nH]c3n2)c(F)c1. The summed E-state index contributed by atoms with van der Waals surface area (Å²) < 4.78 is 43.5. The highest BCUT2D eigenvalue weighted by atomic mass is 32.2. The molecule has 154 valence electrons. The van der Waals surface area contributed by atoms with E-state index < -0.39 is 21.4 Å². The maximum absolute atomic E-state index is 15.0. The van der Waals surface area contributed by atoms with Gasteiger partial charge >= 0.3 is 0 Å². The highest BCUT2D eigenvalue weighted by Crippen LogP contribution is 2.32. The summed E-state index contributed by atoms with van der Waals surface area (Å²) in [5.41, 5.74) is 1.82. The van der Waals surface area contributed by atoms with Crippen molar-refractivity contribution in [1.29, 1.82) is 0 Å². The Morgan fingerprint density at radius 1 is 0.967 bits per heavy atom. The Kier molecular flexibility index (Phi) is 4.95. The van der Waals surface area contributed by atoms with Crippen LogP contribution in [-0.2, 0) is 10.0 Å². The van der Waals surface area contributed by atoms with Crippen molar-refractivity contribution in [3.8, 4) is 22.4 Å². The Hall–Kier alpha value is -3.03. The summed E-state index contributed by atoms with van der Waals surface area (Å²) >= 11 is 0. The molecule has 0 atom stereocenters. The van der Waals surface area contributed by atoms with Gasteiger partial charge in [0.05, 0.1) is 10.6 Å². The smallest absolute Gasteiger partial charge is 0.241 e. The van der Waals surface area contributed by atoms with E-state index in [0.29, 0.717) is 28.0 Å². The first-order valence-corrected chi connectivity index (χ1v) is 11.0. The highest BCUT2D eigenvalue weighted by molar-refractivity contribution is 7.89.